The molecule has 1 atom stereocenters. The minimum Gasteiger partial charge on any atom is -0.481 e. The average Bonchev–Trinajstić information content (AvgIpc) is 3.17. The number of carboxylic acids is 1. The summed E-state index contributed by atoms with van der Waals surface area (Å²) in [6.45, 7) is 10.4. The maximum absolute atomic E-state index is 13.7. The Morgan fingerprint density at radius 3 is 1.90 bits per heavy atom. The molecule has 0 aliphatic heterocycles. The molecular formula is C24H33BrF4N2O9S2. The Balaban J connectivity index is 0. The predicted octanol–water partition coefficient (Wildman–Crippen LogP) is 4.28. The van der Waals surface area contributed by atoms with E-state index < -0.39 is 58.1 Å². The Labute approximate surface area is 257 Å². The van der Waals surface area contributed by atoms with Gasteiger partial charge in [-0.2, -0.15) is 17.6 Å². The number of carbonyl (C=O) groups excluding carboxylic acids is 4. The molecule has 11 nitrogen and oxygen atoms in total. The molecule has 3 N–H and O–H groups in total. The number of thiocarbonyl (C=S) groups is 1. The van der Waals surface area contributed by atoms with Crippen LogP contribution < -0.4 is 5.73 Å². The van der Waals surface area contributed by atoms with Crippen molar-refractivity contribution in [2.75, 3.05) is 13.2 Å². The first-order valence-electron chi connectivity index (χ1n) is 11.9. The fourth-order valence-electron chi connectivity index (χ4n) is 2.36. The van der Waals surface area contributed by atoms with Gasteiger partial charge in [-0.3, -0.25) is 14.4 Å². The molecule has 0 radical (unpaired) electrons. The van der Waals surface area contributed by atoms with Crippen molar-refractivity contribution in [3.63, 3.8) is 0 Å². The average molecular weight is 714 g/mol. The van der Waals surface area contributed by atoms with Gasteiger partial charge in [-0.25, -0.2) is 14.6 Å². The van der Waals surface area contributed by atoms with Crippen molar-refractivity contribution in [1.82, 2.24) is 4.98 Å². The molecule has 0 amide bonds. The first kappa shape index (κ1) is 41.4. The van der Waals surface area contributed by atoms with Crippen molar-refractivity contribution in [1.29, 1.82) is 0 Å². The van der Waals surface area contributed by atoms with Crippen LogP contribution >= 0.6 is 39.5 Å². The number of thiazole rings is 1. The van der Waals surface area contributed by atoms with Gasteiger partial charge < -0.3 is 25.1 Å². The number of Topliss-reactive ketones (excluding diaryl/α,β-unsaturated/α-hetero) is 1. The number of hydrogen-bond acceptors (Lipinski definition) is 11. The molecule has 0 aromatic carbocycles. The third-order valence-corrected chi connectivity index (χ3v) is 5.44. The maximum atomic E-state index is 13.7. The van der Waals surface area contributed by atoms with E-state index in [0.29, 0.717) is 0 Å². The SMILES string of the molecule is CC(C)(C)OC(=O)CC(N)=S.CCOC(=O)C(F)(F)C(=O)C(C)Br.CCOC(=O)C(F)(F)c1nc(CC(=O)O)sc1C. The van der Waals surface area contributed by atoms with Gasteiger partial charge in [0.2, 0.25) is 5.78 Å². The summed E-state index contributed by atoms with van der Waals surface area (Å²) < 4.78 is 66.2. The summed E-state index contributed by atoms with van der Waals surface area (Å²) in [5.41, 5.74) is 3.95. The fraction of sp³-hybridized carbons (Fsp3) is 0.625. The standard InChI is InChI=1S/C10H11F2NO4S.C7H9BrF2O3.C7H13NO2S/c1-3-17-9(16)10(11,12)8-5(2)18-6(13-8)4-7(14)15;1-3-13-6(12)7(9,10)5(11)4(2)8;1-7(2,3)10-6(9)4-5(8)11/h3-4H2,1-2H3,(H,14,15);4H,3H2,1-2H3;4H2,1-3H3,(H2,8,11). The Morgan fingerprint density at radius 2 is 1.52 bits per heavy atom. The van der Waals surface area contributed by atoms with E-state index in [0.717, 1.165) is 11.3 Å². The molecule has 1 rings (SSSR count). The van der Waals surface area contributed by atoms with Crippen LogP contribution in [-0.4, -0.2) is 74.3 Å². The lowest BCUT2D eigenvalue weighted by Crippen LogP contribution is -2.42. The zero-order chi connectivity index (χ0) is 33.6. The lowest BCUT2D eigenvalue weighted by Gasteiger charge is -2.18. The fourth-order valence-corrected chi connectivity index (χ4v) is 3.72. The van der Waals surface area contributed by atoms with Crippen LogP contribution in [0, 0.1) is 6.92 Å². The summed E-state index contributed by atoms with van der Waals surface area (Å²) >= 11 is 8.02. The van der Waals surface area contributed by atoms with E-state index >= 15 is 0 Å². The number of aryl methyl sites for hydroxylation is 1. The number of aromatic nitrogens is 1. The highest BCUT2D eigenvalue weighted by atomic mass is 79.9. The van der Waals surface area contributed by atoms with E-state index in [1.54, 1.807) is 20.8 Å². The normalized spacial score (nSPS) is 11.9. The summed E-state index contributed by atoms with van der Waals surface area (Å²) in [6.07, 6.45) is -0.434. The van der Waals surface area contributed by atoms with Gasteiger partial charge in [0.15, 0.2) is 0 Å². The molecule has 1 heterocycles. The zero-order valence-corrected chi connectivity index (χ0v) is 27.1. The second kappa shape index (κ2) is 18.0. The van der Waals surface area contributed by atoms with Gasteiger partial charge in [0.25, 0.3) is 0 Å². The van der Waals surface area contributed by atoms with Gasteiger partial charge in [0.05, 0.1) is 35.9 Å². The number of hydrogen-bond donors (Lipinski definition) is 2. The summed E-state index contributed by atoms with van der Waals surface area (Å²) in [5, 5.41) is 8.58. The molecule has 0 aliphatic rings. The van der Waals surface area contributed by atoms with Crippen molar-refractivity contribution in [3.8, 4) is 0 Å². The number of rotatable bonds is 11. The number of nitrogens with zero attached hydrogens (tertiary/aromatic N) is 1. The van der Waals surface area contributed by atoms with Gasteiger partial charge in [0.1, 0.15) is 16.3 Å². The van der Waals surface area contributed by atoms with E-state index in [9.17, 15) is 41.5 Å². The van der Waals surface area contributed by atoms with Gasteiger partial charge in [-0.15, -0.1) is 11.3 Å². The van der Waals surface area contributed by atoms with Crippen LogP contribution in [0.1, 0.15) is 63.5 Å². The second-order valence-electron chi connectivity index (χ2n) is 8.88. The molecule has 0 spiro atoms. The Morgan fingerprint density at radius 1 is 1.05 bits per heavy atom. The number of nitrogens with two attached hydrogens (primary N) is 1. The number of carboxylic acid groups (broad SMARTS) is 1. The molecule has 240 valence electrons. The number of halogens is 5. The highest BCUT2D eigenvalue weighted by Crippen LogP contribution is 2.34. The van der Waals surface area contributed by atoms with Crippen molar-refractivity contribution in [2.24, 2.45) is 5.73 Å². The topological polar surface area (TPSA) is 172 Å². The third kappa shape index (κ3) is 15.5. The molecule has 1 aromatic heterocycles. The van der Waals surface area contributed by atoms with Crippen molar-refractivity contribution < 1.29 is 60.9 Å². The largest absolute Gasteiger partial charge is 0.481 e. The van der Waals surface area contributed by atoms with E-state index in [4.69, 9.17) is 15.6 Å². The van der Waals surface area contributed by atoms with Gasteiger partial charge in [0, 0.05) is 4.88 Å². The molecular weight excluding hydrogens is 680 g/mol. The van der Waals surface area contributed by atoms with Crippen LogP contribution in [0.4, 0.5) is 17.6 Å². The van der Waals surface area contributed by atoms with Crippen LogP contribution in [0.25, 0.3) is 0 Å². The van der Waals surface area contributed by atoms with Gasteiger partial charge >= 0.3 is 35.7 Å². The monoisotopic (exact) mass is 712 g/mol. The van der Waals surface area contributed by atoms with E-state index in [-0.39, 0.29) is 40.5 Å². The summed E-state index contributed by atoms with van der Waals surface area (Å²) in [7, 11) is 0. The molecule has 0 bridgehead atoms. The molecule has 0 saturated carbocycles. The highest BCUT2D eigenvalue weighted by molar-refractivity contribution is 9.10. The first-order valence-corrected chi connectivity index (χ1v) is 14.0. The van der Waals surface area contributed by atoms with Crippen LogP contribution in [0.5, 0.6) is 0 Å². The van der Waals surface area contributed by atoms with Crippen molar-refractivity contribution >= 4 is 74.1 Å². The Kier molecular flexibility index (Phi) is 17.8. The van der Waals surface area contributed by atoms with Gasteiger partial charge in [-0.05, 0) is 48.5 Å². The molecule has 1 unspecified atom stereocenters. The molecule has 18 heteroatoms. The van der Waals surface area contributed by atoms with E-state index in [1.807, 2.05) is 0 Å². The molecule has 0 aliphatic carbocycles. The minimum atomic E-state index is -4.06. The zero-order valence-electron chi connectivity index (χ0n) is 23.8. The van der Waals surface area contributed by atoms with E-state index in [2.05, 4.69) is 42.6 Å². The van der Waals surface area contributed by atoms with Crippen molar-refractivity contribution in [2.45, 2.75) is 83.6 Å². The minimum absolute atomic E-state index is 0.0204. The number of esters is 3. The number of ketones is 1. The molecule has 0 saturated heterocycles. The van der Waals surface area contributed by atoms with Gasteiger partial charge in [-0.1, -0.05) is 28.1 Å². The second-order valence-corrected chi connectivity index (χ2v) is 12.1. The molecule has 1 aromatic rings. The van der Waals surface area contributed by atoms with E-state index in [1.165, 1.54) is 27.7 Å². The Hall–Kier alpha value is -2.73. The highest BCUT2D eigenvalue weighted by Gasteiger charge is 2.50. The Bertz CT molecular complexity index is 1120. The number of ether oxygens (including phenoxy) is 3. The molecule has 42 heavy (non-hydrogen) atoms. The lowest BCUT2D eigenvalue weighted by molar-refractivity contribution is -0.176. The van der Waals surface area contributed by atoms with Crippen molar-refractivity contribution in [3.05, 3.63) is 15.6 Å². The van der Waals surface area contributed by atoms with Crippen LogP contribution in [-0.2, 0) is 50.5 Å². The predicted molar refractivity (Wildman–Crippen MR) is 151 cm³/mol. The van der Waals surface area contributed by atoms with Crippen LogP contribution in [0.15, 0.2) is 0 Å². The maximum Gasteiger partial charge on any atom is 0.400 e. The first-order chi connectivity index (χ1) is 18.9. The summed E-state index contributed by atoms with van der Waals surface area (Å²) in [5.74, 6) is -14.4. The number of carbonyl (C=O) groups is 5. The molecule has 0 fully saturated rings. The van der Waals surface area contributed by atoms with Crippen LogP contribution in [0.2, 0.25) is 0 Å². The summed E-state index contributed by atoms with van der Waals surface area (Å²) in [6, 6.07) is 0. The summed E-state index contributed by atoms with van der Waals surface area (Å²) in [4.78, 5) is 56.5. The smallest absolute Gasteiger partial charge is 0.400 e. The lowest BCUT2D eigenvalue weighted by atomic mass is 10.2. The number of alkyl halides is 5. The number of aliphatic carboxylic acids is 1. The quantitative estimate of drug-likeness (QED) is 0.0835. The third-order valence-electron chi connectivity index (χ3n) is 3.91. The van der Waals surface area contributed by atoms with Crippen LogP contribution in [0.3, 0.4) is 0 Å².